The fourth-order valence-electron chi connectivity index (χ4n) is 2.02. The molecule has 0 atom stereocenters. The molecule has 5 nitrogen and oxygen atoms in total. The maximum absolute atomic E-state index is 11.2. The molecule has 0 saturated carbocycles. The summed E-state index contributed by atoms with van der Waals surface area (Å²) in [4.78, 5) is 0. The Morgan fingerprint density at radius 3 is 2.67 bits per heavy atom. The van der Waals surface area contributed by atoms with Crippen molar-refractivity contribution in [2.75, 3.05) is 16.3 Å². The first-order valence-electron chi connectivity index (χ1n) is 6.54. The van der Waals surface area contributed by atoms with Crippen LogP contribution in [0.4, 0.5) is 11.4 Å². The quantitative estimate of drug-likeness (QED) is 0.856. The smallest absolute Gasteiger partial charge is 0.229 e. The van der Waals surface area contributed by atoms with Crippen molar-refractivity contribution >= 4 is 33.0 Å². The molecule has 0 aliphatic carbocycles. The van der Waals surface area contributed by atoms with Crippen molar-refractivity contribution in [3.05, 3.63) is 47.2 Å². The van der Waals surface area contributed by atoms with Gasteiger partial charge in [0.1, 0.15) is 0 Å². The monoisotopic (exact) mass is 327 g/mol. The van der Waals surface area contributed by atoms with Crippen LogP contribution in [0.1, 0.15) is 12.6 Å². The van der Waals surface area contributed by atoms with E-state index in [1.54, 1.807) is 18.2 Å². The van der Waals surface area contributed by atoms with Crippen LogP contribution in [-0.2, 0) is 23.1 Å². The number of anilines is 2. The molecule has 0 aliphatic heterocycles. The Kier molecular flexibility index (Phi) is 4.80. The predicted molar refractivity (Wildman–Crippen MR) is 87.4 cm³/mol. The van der Waals surface area contributed by atoms with E-state index in [0.29, 0.717) is 17.3 Å². The molecule has 2 N–H and O–H groups in total. The zero-order chi connectivity index (χ0) is 15.5. The third kappa shape index (κ3) is 4.41. The summed E-state index contributed by atoms with van der Waals surface area (Å²) in [5, 5.41) is 3.63. The van der Waals surface area contributed by atoms with Crippen LogP contribution in [0, 0.1) is 0 Å². The predicted octanol–water partition coefficient (Wildman–Crippen LogP) is 3.15. The lowest BCUT2D eigenvalue weighted by atomic mass is 10.3. The number of hydrogen-bond acceptors (Lipinski definition) is 3. The van der Waals surface area contributed by atoms with Gasteiger partial charge in [-0.1, -0.05) is 11.6 Å². The van der Waals surface area contributed by atoms with Crippen LogP contribution in [0.2, 0.25) is 5.02 Å². The van der Waals surface area contributed by atoms with Crippen LogP contribution < -0.4 is 10.0 Å². The Hall–Kier alpha value is -1.66. The minimum Gasteiger partial charge on any atom is -0.379 e. The number of aromatic nitrogens is 1. The van der Waals surface area contributed by atoms with Gasteiger partial charge < -0.3 is 9.88 Å². The van der Waals surface area contributed by atoms with Gasteiger partial charge in [-0.15, -0.1) is 0 Å². The van der Waals surface area contributed by atoms with Gasteiger partial charge in [-0.3, -0.25) is 4.72 Å². The number of aryl methyl sites for hydroxylation is 1. The zero-order valence-electron chi connectivity index (χ0n) is 11.9. The molecule has 0 radical (unpaired) electrons. The molecule has 1 heterocycles. The fourth-order valence-corrected chi connectivity index (χ4v) is 2.88. The Bertz CT molecular complexity index is 726. The first kappa shape index (κ1) is 15.7. The van der Waals surface area contributed by atoms with E-state index in [9.17, 15) is 8.42 Å². The van der Waals surface area contributed by atoms with E-state index in [0.717, 1.165) is 18.5 Å². The highest BCUT2D eigenvalue weighted by Gasteiger charge is 2.07. The summed E-state index contributed by atoms with van der Waals surface area (Å²) >= 11 is 6.08. The fraction of sp³-hybridized carbons (Fsp3) is 0.286. The van der Waals surface area contributed by atoms with E-state index in [2.05, 4.69) is 27.6 Å². The summed E-state index contributed by atoms with van der Waals surface area (Å²) in [6.07, 6.45) is 3.12. The summed E-state index contributed by atoms with van der Waals surface area (Å²) < 4.78 is 26.9. The molecular formula is C14H18ClN3O2S. The third-order valence-corrected chi connectivity index (χ3v) is 3.91. The van der Waals surface area contributed by atoms with Gasteiger partial charge >= 0.3 is 0 Å². The van der Waals surface area contributed by atoms with Crippen LogP contribution in [0.3, 0.4) is 0 Å². The van der Waals surface area contributed by atoms with Gasteiger partial charge in [0.2, 0.25) is 10.0 Å². The molecule has 0 amide bonds. The number of hydrogen-bond donors (Lipinski definition) is 2. The SMILES string of the molecule is CCn1cccc1CNc1ccc(NS(C)(=O)=O)c(Cl)c1. The van der Waals surface area contributed by atoms with E-state index < -0.39 is 10.0 Å². The molecule has 0 unspecified atom stereocenters. The van der Waals surface area contributed by atoms with Crippen molar-refractivity contribution in [1.29, 1.82) is 0 Å². The van der Waals surface area contributed by atoms with Crippen molar-refractivity contribution in [1.82, 2.24) is 4.57 Å². The maximum atomic E-state index is 11.2. The second kappa shape index (κ2) is 6.41. The lowest BCUT2D eigenvalue weighted by Crippen LogP contribution is -2.10. The van der Waals surface area contributed by atoms with E-state index in [1.807, 2.05) is 12.3 Å². The lowest BCUT2D eigenvalue weighted by Gasteiger charge is -2.11. The van der Waals surface area contributed by atoms with Gasteiger partial charge in [-0.25, -0.2) is 8.42 Å². The molecule has 21 heavy (non-hydrogen) atoms. The summed E-state index contributed by atoms with van der Waals surface area (Å²) in [6.45, 7) is 3.68. The molecule has 7 heteroatoms. The molecule has 2 rings (SSSR count). The molecule has 1 aromatic carbocycles. The van der Waals surface area contributed by atoms with Crippen molar-refractivity contribution < 1.29 is 8.42 Å². The topological polar surface area (TPSA) is 63.1 Å². The lowest BCUT2D eigenvalue weighted by molar-refractivity contribution is 0.607. The largest absolute Gasteiger partial charge is 0.379 e. The van der Waals surface area contributed by atoms with Gasteiger partial charge in [-0.05, 0) is 37.3 Å². The Balaban J connectivity index is 2.07. The highest BCUT2D eigenvalue weighted by atomic mass is 35.5. The van der Waals surface area contributed by atoms with E-state index in [1.165, 1.54) is 5.69 Å². The van der Waals surface area contributed by atoms with Crippen LogP contribution in [0.25, 0.3) is 0 Å². The average Bonchev–Trinajstić information content (AvgIpc) is 2.85. The third-order valence-electron chi connectivity index (χ3n) is 3.00. The highest BCUT2D eigenvalue weighted by Crippen LogP contribution is 2.26. The second-order valence-electron chi connectivity index (χ2n) is 4.71. The van der Waals surface area contributed by atoms with Crippen LogP contribution in [0.5, 0.6) is 0 Å². The Morgan fingerprint density at radius 1 is 1.29 bits per heavy atom. The maximum Gasteiger partial charge on any atom is 0.229 e. The standard InChI is InChI=1S/C14H18ClN3O2S/c1-3-18-8-4-5-12(18)10-16-11-6-7-14(13(15)9-11)17-21(2,19)20/h4-9,16-17H,3,10H2,1-2H3. The van der Waals surface area contributed by atoms with Crippen molar-refractivity contribution in [2.24, 2.45) is 0 Å². The summed E-state index contributed by atoms with van der Waals surface area (Å²) in [5.74, 6) is 0. The minimum absolute atomic E-state index is 0.358. The number of halogens is 1. The molecule has 1 aromatic heterocycles. The van der Waals surface area contributed by atoms with Crippen molar-refractivity contribution in [3.63, 3.8) is 0 Å². The van der Waals surface area contributed by atoms with E-state index >= 15 is 0 Å². The van der Waals surface area contributed by atoms with Crippen molar-refractivity contribution in [2.45, 2.75) is 20.0 Å². The number of benzene rings is 1. The van der Waals surface area contributed by atoms with Gasteiger partial charge in [0.05, 0.1) is 23.5 Å². The van der Waals surface area contributed by atoms with Gasteiger partial charge in [0.15, 0.2) is 0 Å². The molecule has 0 fully saturated rings. The number of sulfonamides is 1. The van der Waals surface area contributed by atoms with Crippen LogP contribution >= 0.6 is 11.6 Å². The van der Waals surface area contributed by atoms with Gasteiger partial charge in [0, 0.05) is 24.1 Å². The second-order valence-corrected chi connectivity index (χ2v) is 6.86. The molecule has 0 spiro atoms. The Morgan fingerprint density at radius 2 is 2.05 bits per heavy atom. The Labute approximate surface area is 130 Å². The molecule has 0 aliphatic rings. The molecule has 2 aromatic rings. The van der Waals surface area contributed by atoms with Gasteiger partial charge in [0.25, 0.3) is 0 Å². The molecular weight excluding hydrogens is 310 g/mol. The molecule has 0 bridgehead atoms. The number of nitrogens with one attached hydrogen (secondary N) is 2. The summed E-state index contributed by atoms with van der Waals surface area (Å²) in [5.41, 5.74) is 2.39. The number of rotatable bonds is 6. The zero-order valence-corrected chi connectivity index (χ0v) is 13.5. The van der Waals surface area contributed by atoms with Crippen LogP contribution in [0.15, 0.2) is 36.5 Å². The first-order chi connectivity index (χ1) is 9.89. The normalized spacial score (nSPS) is 11.4. The average molecular weight is 328 g/mol. The minimum atomic E-state index is -3.33. The van der Waals surface area contributed by atoms with E-state index in [4.69, 9.17) is 11.6 Å². The molecule has 114 valence electrons. The highest BCUT2D eigenvalue weighted by molar-refractivity contribution is 7.92. The number of nitrogens with zero attached hydrogens (tertiary/aromatic N) is 1. The van der Waals surface area contributed by atoms with E-state index in [-0.39, 0.29) is 0 Å². The molecule has 0 saturated heterocycles. The van der Waals surface area contributed by atoms with Crippen molar-refractivity contribution in [3.8, 4) is 0 Å². The summed E-state index contributed by atoms with van der Waals surface area (Å²) in [7, 11) is -3.33. The summed E-state index contributed by atoms with van der Waals surface area (Å²) in [6, 6.07) is 9.20. The van der Waals surface area contributed by atoms with Gasteiger partial charge in [-0.2, -0.15) is 0 Å². The van der Waals surface area contributed by atoms with Crippen LogP contribution in [-0.4, -0.2) is 19.2 Å². The first-order valence-corrected chi connectivity index (χ1v) is 8.81.